The van der Waals surface area contributed by atoms with Crippen LogP contribution in [0.4, 0.5) is 0 Å². The second-order valence-electron chi connectivity index (χ2n) is 7.24. The summed E-state index contributed by atoms with van der Waals surface area (Å²) in [6, 6.07) is 11.6. The summed E-state index contributed by atoms with van der Waals surface area (Å²) in [6.07, 6.45) is 7.61. The molecule has 0 amide bonds. The summed E-state index contributed by atoms with van der Waals surface area (Å²) in [5, 5.41) is 12.7. The minimum Gasteiger partial charge on any atom is -0.287 e. The minimum absolute atomic E-state index is 0.0667. The first kappa shape index (κ1) is 15.5. The number of rotatable bonds is 3. The van der Waals surface area contributed by atoms with Gasteiger partial charge in [-0.05, 0) is 42.2 Å². The molecule has 1 aromatic carbocycles. The van der Waals surface area contributed by atoms with Crippen molar-refractivity contribution in [3.05, 3.63) is 54.4 Å². The molecule has 24 heavy (non-hydrogen) atoms. The summed E-state index contributed by atoms with van der Waals surface area (Å²) in [4.78, 5) is 2.61. The van der Waals surface area contributed by atoms with Gasteiger partial charge in [0.1, 0.15) is 0 Å². The van der Waals surface area contributed by atoms with Crippen molar-refractivity contribution < 1.29 is 0 Å². The van der Waals surface area contributed by atoms with Crippen LogP contribution in [0.2, 0.25) is 0 Å². The summed E-state index contributed by atoms with van der Waals surface area (Å²) < 4.78 is 2.12. The summed E-state index contributed by atoms with van der Waals surface area (Å²) >= 11 is 0. The molecule has 1 saturated heterocycles. The van der Waals surface area contributed by atoms with Gasteiger partial charge in [-0.2, -0.15) is 0 Å². The fraction of sp³-hybridized carbons (Fsp3) is 0.526. The van der Waals surface area contributed by atoms with E-state index in [1.807, 2.05) is 6.08 Å². The first-order valence-electron chi connectivity index (χ1n) is 8.93. The van der Waals surface area contributed by atoms with Crippen LogP contribution in [0.25, 0.3) is 0 Å². The van der Waals surface area contributed by atoms with Crippen LogP contribution in [0.1, 0.15) is 50.0 Å². The maximum atomic E-state index is 4.40. The zero-order valence-corrected chi connectivity index (χ0v) is 14.3. The molecule has 2 aromatic rings. The van der Waals surface area contributed by atoms with Crippen molar-refractivity contribution in [1.82, 2.24) is 25.1 Å². The van der Waals surface area contributed by atoms with Crippen LogP contribution in [0.3, 0.4) is 0 Å². The molecule has 1 fully saturated rings. The highest BCUT2D eigenvalue weighted by molar-refractivity contribution is 5.24. The van der Waals surface area contributed by atoms with Gasteiger partial charge in [-0.3, -0.25) is 4.90 Å². The molecule has 0 aliphatic carbocycles. The van der Waals surface area contributed by atoms with Gasteiger partial charge in [-0.1, -0.05) is 42.8 Å². The number of nitrogens with zero attached hydrogens (tertiary/aromatic N) is 5. The SMILES string of the molecule is C=CCN1[C@H]2CCCCc3nnnn3[C@@]2(C)C[C@H]1c1ccccc1. The van der Waals surface area contributed by atoms with Crippen molar-refractivity contribution >= 4 is 0 Å². The molecule has 0 radical (unpaired) electrons. The monoisotopic (exact) mass is 323 g/mol. The number of likely N-dealkylation sites (tertiary alicyclic amines) is 1. The van der Waals surface area contributed by atoms with E-state index in [2.05, 4.69) is 68.9 Å². The first-order valence-corrected chi connectivity index (χ1v) is 8.93. The molecular formula is C19H25N5. The fourth-order valence-corrected chi connectivity index (χ4v) is 4.69. The van der Waals surface area contributed by atoms with Crippen molar-refractivity contribution in [2.24, 2.45) is 0 Å². The number of hydrogen-bond acceptors (Lipinski definition) is 4. The molecule has 3 atom stereocenters. The maximum Gasteiger partial charge on any atom is 0.151 e. The van der Waals surface area contributed by atoms with E-state index in [4.69, 9.17) is 0 Å². The smallest absolute Gasteiger partial charge is 0.151 e. The normalized spacial score (nSPS) is 30.2. The highest BCUT2D eigenvalue weighted by Gasteiger charge is 2.52. The Labute approximate surface area is 143 Å². The van der Waals surface area contributed by atoms with Crippen molar-refractivity contribution in [2.45, 2.75) is 56.7 Å². The third kappa shape index (κ3) is 2.38. The van der Waals surface area contributed by atoms with E-state index < -0.39 is 0 Å². The number of benzene rings is 1. The quantitative estimate of drug-likeness (QED) is 0.814. The van der Waals surface area contributed by atoms with E-state index in [0.717, 1.165) is 31.6 Å². The van der Waals surface area contributed by atoms with Gasteiger partial charge in [0, 0.05) is 25.0 Å². The lowest BCUT2D eigenvalue weighted by atomic mass is 9.85. The Bertz CT molecular complexity index is 710. The van der Waals surface area contributed by atoms with Crippen LogP contribution in [0.15, 0.2) is 43.0 Å². The molecule has 4 rings (SSSR count). The van der Waals surface area contributed by atoms with E-state index in [0.29, 0.717) is 12.1 Å². The van der Waals surface area contributed by atoms with Gasteiger partial charge < -0.3 is 0 Å². The lowest BCUT2D eigenvalue weighted by Crippen LogP contribution is -2.46. The van der Waals surface area contributed by atoms with Gasteiger partial charge in [-0.15, -0.1) is 11.7 Å². The Hall–Kier alpha value is -2.01. The van der Waals surface area contributed by atoms with Crippen LogP contribution in [0, 0.1) is 0 Å². The summed E-state index contributed by atoms with van der Waals surface area (Å²) in [5.41, 5.74) is 1.31. The second kappa shape index (κ2) is 6.13. The second-order valence-corrected chi connectivity index (χ2v) is 7.24. The van der Waals surface area contributed by atoms with E-state index in [-0.39, 0.29) is 5.54 Å². The molecular weight excluding hydrogens is 298 g/mol. The lowest BCUT2D eigenvalue weighted by molar-refractivity contribution is 0.133. The van der Waals surface area contributed by atoms with Crippen molar-refractivity contribution in [1.29, 1.82) is 0 Å². The Morgan fingerprint density at radius 3 is 2.92 bits per heavy atom. The van der Waals surface area contributed by atoms with Gasteiger partial charge in [0.25, 0.3) is 0 Å². The average molecular weight is 323 g/mol. The first-order chi connectivity index (χ1) is 11.7. The van der Waals surface area contributed by atoms with E-state index in [9.17, 15) is 0 Å². The van der Waals surface area contributed by atoms with Crippen molar-refractivity contribution in [3.63, 3.8) is 0 Å². The maximum absolute atomic E-state index is 4.40. The molecule has 2 aliphatic heterocycles. The molecule has 3 heterocycles. The molecule has 0 bridgehead atoms. The van der Waals surface area contributed by atoms with E-state index in [1.54, 1.807) is 0 Å². The molecule has 5 nitrogen and oxygen atoms in total. The number of hydrogen-bond donors (Lipinski definition) is 0. The van der Waals surface area contributed by atoms with Crippen molar-refractivity contribution in [2.75, 3.05) is 6.54 Å². The summed E-state index contributed by atoms with van der Waals surface area (Å²) in [7, 11) is 0. The molecule has 0 saturated carbocycles. The van der Waals surface area contributed by atoms with Gasteiger partial charge in [0.15, 0.2) is 5.82 Å². The number of tetrazole rings is 1. The highest BCUT2D eigenvalue weighted by Crippen LogP contribution is 2.48. The van der Waals surface area contributed by atoms with Gasteiger partial charge in [-0.25, -0.2) is 4.68 Å². The molecule has 1 aromatic heterocycles. The van der Waals surface area contributed by atoms with Gasteiger partial charge in [0.2, 0.25) is 0 Å². The minimum atomic E-state index is -0.0667. The molecule has 2 aliphatic rings. The third-order valence-corrected chi connectivity index (χ3v) is 5.80. The third-order valence-electron chi connectivity index (χ3n) is 5.80. The standard InChI is InChI=1S/C19H25N5/c1-3-13-23-16(15-9-5-4-6-10-15)14-19(2)17(23)11-7-8-12-18-20-21-22-24(18)19/h3-6,9-10,16-17H,1,7-8,11-14H2,2H3/t16-,17-,19-/m0/s1. The molecule has 0 N–H and O–H groups in total. The predicted octanol–water partition coefficient (Wildman–Crippen LogP) is 3.12. The fourth-order valence-electron chi connectivity index (χ4n) is 4.69. The number of aryl methyl sites for hydroxylation is 1. The average Bonchev–Trinajstić information content (AvgIpc) is 3.16. The van der Waals surface area contributed by atoms with Crippen LogP contribution < -0.4 is 0 Å². The predicted molar refractivity (Wildman–Crippen MR) is 93.5 cm³/mol. The zero-order chi connectivity index (χ0) is 16.6. The van der Waals surface area contributed by atoms with Gasteiger partial charge >= 0.3 is 0 Å². The Kier molecular flexibility index (Phi) is 3.96. The molecule has 126 valence electrons. The van der Waals surface area contributed by atoms with Crippen LogP contribution in [0.5, 0.6) is 0 Å². The van der Waals surface area contributed by atoms with E-state index >= 15 is 0 Å². The van der Waals surface area contributed by atoms with Crippen LogP contribution >= 0.6 is 0 Å². The van der Waals surface area contributed by atoms with Crippen LogP contribution in [-0.2, 0) is 12.0 Å². The van der Waals surface area contributed by atoms with Crippen molar-refractivity contribution in [3.8, 4) is 0 Å². The Balaban J connectivity index is 1.80. The zero-order valence-electron chi connectivity index (χ0n) is 14.3. The highest BCUT2D eigenvalue weighted by atomic mass is 15.6. The summed E-state index contributed by atoms with van der Waals surface area (Å²) in [5.74, 6) is 1.04. The molecule has 0 spiro atoms. The molecule has 0 unspecified atom stereocenters. The lowest BCUT2D eigenvalue weighted by Gasteiger charge is -2.37. The Morgan fingerprint density at radius 2 is 2.12 bits per heavy atom. The number of fused-ring (bicyclic) bond motifs is 3. The van der Waals surface area contributed by atoms with Gasteiger partial charge in [0.05, 0.1) is 5.54 Å². The summed E-state index contributed by atoms with van der Waals surface area (Å²) in [6.45, 7) is 7.24. The van der Waals surface area contributed by atoms with E-state index in [1.165, 1.54) is 18.4 Å². The van der Waals surface area contributed by atoms with Crippen LogP contribution in [-0.4, -0.2) is 37.7 Å². The Morgan fingerprint density at radius 1 is 1.29 bits per heavy atom. The largest absolute Gasteiger partial charge is 0.287 e. The number of aromatic nitrogens is 4. The molecule has 5 heteroatoms. The topological polar surface area (TPSA) is 46.8 Å².